The smallest absolute Gasteiger partial charge is 0.0470 e. The fraction of sp³-hybridized carbons (Fsp3) is 0.487. The molecule has 2 aromatic carbocycles. The summed E-state index contributed by atoms with van der Waals surface area (Å²) in [4.78, 5) is 2.54. The maximum absolute atomic E-state index is 7.01. The Morgan fingerprint density at radius 2 is 1.62 bits per heavy atom. The molecule has 0 saturated carbocycles. The number of nitrogens with zero attached hydrogens (tertiary/aromatic N) is 1. The van der Waals surface area contributed by atoms with Gasteiger partial charge in [0.05, 0.1) is 0 Å². The number of rotatable bonds is 12. The summed E-state index contributed by atoms with van der Waals surface area (Å²) in [7, 11) is 0. The van der Waals surface area contributed by atoms with Crippen molar-refractivity contribution < 1.29 is 0 Å². The Balaban J connectivity index is 1.50. The van der Waals surface area contributed by atoms with Crippen molar-refractivity contribution in [3.05, 3.63) is 106 Å². The van der Waals surface area contributed by atoms with Gasteiger partial charge in [0.15, 0.2) is 0 Å². The number of halogens is 1. The number of anilines is 2. The molecular formula is C39H53ClN2. The second kappa shape index (κ2) is 13.7. The third kappa shape index (κ3) is 7.43. The third-order valence-corrected chi connectivity index (χ3v) is 9.53. The lowest BCUT2D eigenvalue weighted by molar-refractivity contribution is 0.534. The predicted octanol–water partition coefficient (Wildman–Crippen LogP) is 11.3. The summed E-state index contributed by atoms with van der Waals surface area (Å²) in [5, 5.41) is 4.62. The molecule has 42 heavy (non-hydrogen) atoms. The van der Waals surface area contributed by atoms with Crippen LogP contribution in [0, 0.1) is 11.8 Å². The molecule has 2 aromatic rings. The second-order valence-corrected chi connectivity index (χ2v) is 14.6. The fourth-order valence-corrected chi connectivity index (χ4v) is 6.60. The predicted molar refractivity (Wildman–Crippen MR) is 186 cm³/mol. The van der Waals surface area contributed by atoms with Crippen LogP contribution in [0.4, 0.5) is 11.4 Å². The molecule has 0 saturated heterocycles. The van der Waals surface area contributed by atoms with Crippen molar-refractivity contribution >= 4 is 23.0 Å². The summed E-state index contributed by atoms with van der Waals surface area (Å²) in [5.74, 6) is 1.37. The number of nitrogens with one attached hydrogen (secondary N) is 1. The standard InChI is InChI=1S/C39H53ClN2/c1-28(2)23-26-41-34-17-11-9-15-32(34)38(5,6)25-13-14-30-19-20-31(37(30)40)21-22-36-39(7,8)33-16-10-12-18-35(33)42(36)27-24-29(3)4/h9-18,21-22,28-29,41H,19-20,23-27H2,1-8H3/b14-13+,31-21+,36-22+. The maximum atomic E-state index is 7.01. The molecule has 2 nitrogen and oxygen atoms in total. The van der Waals surface area contributed by atoms with E-state index >= 15 is 0 Å². The highest BCUT2D eigenvalue weighted by atomic mass is 35.5. The minimum Gasteiger partial charge on any atom is -0.385 e. The fourth-order valence-electron chi connectivity index (χ4n) is 6.29. The van der Waals surface area contributed by atoms with Crippen molar-refractivity contribution in [3.8, 4) is 0 Å². The zero-order chi connectivity index (χ0) is 30.5. The molecule has 1 heterocycles. The van der Waals surface area contributed by atoms with E-state index in [4.69, 9.17) is 11.6 Å². The number of allylic oxidation sites excluding steroid dienone is 8. The van der Waals surface area contributed by atoms with Gasteiger partial charge in [-0.15, -0.1) is 0 Å². The molecule has 0 bridgehead atoms. The van der Waals surface area contributed by atoms with Crippen molar-refractivity contribution in [2.24, 2.45) is 11.8 Å². The van der Waals surface area contributed by atoms with Crippen LogP contribution in [-0.4, -0.2) is 13.1 Å². The van der Waals surface area contributed by atoms with E-state index in [1.54, 1.807) is 0 Å². The molecule has 1 aliphatic carbocycles. The van der Waals surface area contributed by atoms with Crippen LogP contribution in [0.2, 0.25) is 0 Å². The van der Waals surface area contributed by atoms with Gasteiger partial charge in [-0.25, -0.2) is 0 Å². The van der Waals surface area contributed by atoms with E-state index in [1.165, 1.54) is 52.2 Å². The first kappa shape index (κ1) is 32.2. The number of hydrogen-bond acceptors (Lipinski definition) is 2. The largest absolute Gasteiger partial charge is 0.385 e. The van der Waals surface area contributed by atoms with Crippen molar-refractivity contribution in [2.75, 3.05) is 23.3 Å². The van der Waals surface area contributed by atoms with Crippen LogP contribution < -0.4 is 10.2 Å². The van der Waals surface area contributed by atoms with Gasteiger partial charge in [-0.2, -0.15) is 0 Å². The zero-order valence-electron chi connectivity index (χ0n) is 27.4. The van der Waals surface area contributed by atoms with Gasteiger partial charge in [-0.05, 0) is 89.8 Å². The van der Waals surface area contributed by atoms with Gasteiger partial charge in [0, 0.05) is 40.6 Å². The van der Waals surface area contributed by atoms with E-state index < -0.39 is 0 Å². The summed E-state index contributed by atoms with van der Waals surface area (Å²) in [6.45, 7) is 20.6. The first-order valence-corrected chi connectivity index (χ1v) is 16.5. The molecule has 4 rings (SSSR count). The van der Waals surface area contributed by atoms with Gasteiger partial charge in [-0.3, -0.25) is 0 Å². The summed E-state index contributed by atoms with van der Waals surface area (Å²) in [5.41, 5.74) is 9.25. The van der Waals surface area contributed by atoms with E-state index in [2.05, 4.69) is 138 Å². The molecule has 0 fully saturated rings. The van der Waals surface area contributed by atoms with Gasteiger partial charge in [0.25, 0.3) is 0 Å². The maximum Gasteiger partial charge on any atom is 0.0470 e. The summed E-state index contributed by atoms with van der Waals surface area (Å²) in [6, 6.07) is 17.7. The van der Waals surface area contributed by atoms with E-state index in [0.29, 0.717) is 11.8 Å². The molecule has 0 unspecified atom stereocenters. The Morgan fingerprint density at radius 1 is 0.929 bits per heavy atom. The minimum atomic E-state index is -0.0340. The lowest BCUT2D eigenvalue weighted by Gasteiger charge is -2.27. The molecule has 0 amide bonds. The van der Waals surface area contributed by atoms with Crippen LogP contribution >= 0.6 is 11.6 Å². The molecule has 226 valence electrons. The Labute approximate surface area is 261 Å². The van der Waals surface area contributed by atoms with Crippen LogP contribution in [0.5, 0.6) is 0 Å². The SMILES string of the molecule is CC(C)CCNc1ccccc1C(C)(C)C/C=C/C1=C(Cl)C(=C/C=C2/N(CCC(C)C)c3ccccc3C2(C)C)/CC1. The molecule has 0 aromatic heterocycles. The highest BCUT2D eigenvalue weighted by Crippen LogP contribution is 2.48. The van der Waals surface area contributed by atoms with Crippen molar-refractivity contribution in [1.29, 1.82) is 0 Å². The number of fused-ring (bicyclic) bond motifs is 1. The molecule has 3 heteroatoms. The topological polar surface area (TPSA) is 15.3 Å². The summed E-state index contributed by atoms with van der Waals surface area (Å²) < 4.78 is 0. The Bertz CT molecular complexity index is 1350. The first-order chi connectivity index (χ1) is 19.9. The molecular weight excluding hydrogens is 532 g/mol. The van der Waals surface area contributed by atoms with E-state index in [-0.39, 0.29) is 10.8 Å². The average molecular weight is 585 g/mol. The van der Waals surface area contributed by atoms with Crippen molar-refractivity contribution in [2.45, 2.75) is 98.3 Å². The molecule has 1 N–H and O–H groups in total. The number of hydrogen-bond donors (Lipinski definition) is 1. The molecule has 2 aliphatic rings. The summed E-state index contributed by atoms with van der Waals surface area (Å²) >= 11 is 7.01. The number of benzene rings is 2. The van der Waals surface area contributed by atoms with Crippen LogP contribution in [-0.2, 0) is 10.8 Å². The van der Waals surface area contributed by atoms with Crippen LogP contribution in [0.15, 0.2) is 94.7 Å². The average Bonchev–Trinajstić information content (AvgIpc) is 3.39. The Hall–Kier alpha value is -2.71. The van der Waals surface area contributed by atoms with Crippen LogP contribution in [0.25, 0.3) is 0 Å². The summed E-state index contributed by atoms with van der Waals surface area (Å²) in [6.07, 6.45) is 14.5. The van der Waals surface area contributed by atoms with Gasteiger partial charge < -0.3 is 10.2 Å². The Kier molecular flexibility index (Phi) is 10.5. The molecule has 0 spiro atoms. The third-order valence-electron chi connectivity index (χ3n) is 9.04. The van der Waals surface area contributed by atoms with Gasteiger partial charge in [-0.1, -0.05) is 122 Å². The van der Waals surface area contributed by atoms with Gasteiger partial charge >= 0.3 is 0 Å². The highest BCUT2D eigenvalue weighted by molar-refractivity contribution is 6.33. The van der Waals surface area contributed by atoms with Gasteiger partial charge in [0.2, 0.25) is 0 Å². The number of para-hydroxylation sites is 2. The Morgan fingerprint density at radius 3 is 2.36 bits per heavy atom. The van der Waals surface area contributed by atoms with Crippen molar-refractivity contribution in [3.63, 3.8) is 0 Å². The van der Waals surface area contributed by atoms with E-state index in [0.717, 1.165) is 37.4 Å². The second-order valence-electron chi connectivity index (χ2n) is 14.2. The lowest BCUT2D eigenvalue weighted by atomic mass is 9.80. The van der Waals surface area contributed by atoms with E-state index in [9.17, 15) is 0 Å². The molecule has 0 atom stereocenters. The quantitative estimate of drug-likeness (QED) is 0.267. The van der Waals surface area contributed by atoms with Crippen LogP contribution in [0.1, 0.15) is 98.6 Å². The lowest BCUT2D eigenvalue weighted by Crippen LogP contribution is -2.27. The zero-order valence-corrected chi connectivity index (χ0v) is 28.1. The molecule has 1 aliphatic heterocycles. The monoisotopic (exact) mass is 584 g/mol. The normalized spacial score (nSPS) is 18.9. The first-order valence-electron chi connectivity index (χ1n) is 16.1. The highest BCUT2D eigenvalue weighted by Gasteiger charge is 2.39. The van der Waals surface area contributed by atoms with Crippen LogP contribution in [0.3, 0.4) is 0 Å². The van der Waals surface area contributed by atoms with Crippen molar-refractivity contribution in [1.82, 2.24) is 0 Å². The van der Waals surface area contributed by atoms with Gasteiger partial charge in [0.1, 0.15) is 0 Å². The molecule has 0 radical (unpaired) electrons. The van der Waals surface area contributed by atoms with E-state index in [1.807, 2.05) is 0 Å². The minimum absolute atomic E-state index is 0.0230.